The van der Waals surface area contributed by atoms with Crippen molar-refractivity contribution in [2.75, 3.05) is 0 Å². The zero-order valence-electron chi connectivity index (χ0n) is 12.1. The molecule has 2 heterocycles. The fraction of sp³-hybridized carbons (Fsp3) is 0.125. The summed E-state index contributed by atoms with van der Waals surface area (Å²) < 4.78 is 1.65. The van der Waals surface area contributed by atoms with Gasteiger partial charge in [-0.3, -0.25) is 9.78 Å². The van der Waals surface area contributed by atoms with Crippen molar-refractivity contribution >= 4 is 5.91 Å². The van der Waals surface area contributed by atoms with Crippen molar-refractivity contribution in [2.45, 2.75) is 13.5 Å². The summed E-state index contributed by atoms with van der Waals surface area (Å²) in [6, 6.07) is 15.2. The van der Waals surface area contributed by atoms with Crippen molar-refractivity contribution in [1.29, 1.82) is 0 Å². The van der Waals surface area contributed by atoms with E-state index in [1.54, 1.807) is 10.9 Å². The summed E-state index contributed by atoms with van der Waals surface area (Å²) in [6.07, 6.45) is 1.69. The van der Waals surface area contributed by atoms with Gasteiger partial charge in [0.2, 0.25) is 0 Å². The topological polar surface area (TPSA) is 72.7 Å². The molecular formula is C16H15N5O. The Bertz CT molecular complexity index is 768. The van der Waals surface area contributed by atoms with E-state index in [2.05, 4.69) is 20.6 Å². The van der Waals surface area contributed by atoms with Gasteiger partial charge in [0.1, 0.15) is 0 Å². The summed E-state index contributed by atoms with van der Waals surface area (Å²) in [5.74, 6) is -0.259. The molecule has 0 saturated heterocycles. The second-order valence-corrected chi connectivity index (χ2v) is 4.77. The van der Waals surface area contributed by atoms with E-state index in [0.29, 0.717) is 17.9 Å². The number of para-hydroxylation sites is 1. The highest BCUT2D eigenvalue weighted by atomic mass is 16.2. The van der Waals surface area contributed by atoms with E-state index in [0.717, 1.165) is 11.4 Å². The number of carbonyl (C=O) groups excluding carboxylic acids is 1. The highest BCUT2D eigenvalue weighted by Gasteiger charge is 2.16. The van der Waals surface area contributed by atoms with E-state index in [9.17, 15) is 4.79 Å². The van der Waals surface area contributed by atoms with Gasteiger partial charge in [-0.1, -0.05) is 29.5 Å². The Morgan fingerprint density at radius 1 is 1.14 bits per heavy atom. The van der Waals surface area contributed by atoms with Crippen molar-refractivity contribution in [3.05, 3.63) is 71.8 Å². The van der Waals surface area contributed by atoms with E-state index in [1.165, 1.54) is 0 Å². The molecule has 0 fully saturated rings. The normalized spacial score (nSPS) is 10.4. The molecule has 1 amide bonds. The van der Waals surface area contributed by atoms with Crippen LogP contribution in [-0.4, -0.2) is 25.9 Å². The van der Waals surface area contributed by atoms with Gasteiger partial charge in [-0.05, 0) is 31.2 Å². The van der Waals surface area contributed by atoms with Crippen molar-refractivity contribution in [1.82, 2.24) is 25.3 Å². The van der Waals surface area contributed by atoms with Gasteiger partial charge in [-0.15, -0.1) is 5.10 Å². The number of pyridine rings is 1. The van der Waals surface area contributed by atoms with Gasteiger partial charge in [-0.2, -0.15) is 0 Å². The molecule has 0 radical (unpaired) electrons. The van der Waals surface area contributed by atoms with Crippen LogP contribution < -0.4 is 5.32 Å². The van der Waals surface area contributed by atoms with Crippen molar-refractivity contribution in [3.63, 3.8) is 0 Å². The van der Waals surface area contributed by atoms with E-state index >= 15 is 0 Å². The lowest BCUT2D eigenvalue weighted by Gasteiger charge is -2.04. The lowest BCUT2D eigenvalue weighted by molar-refractivity contribution is 0.0944. The third kappa shape index (κ3) is 2.85. The molecule has 0 saturated carbocycles. The minimum absolute atomic E-state index is 0.259. The van der Waals surface area contributed by atoms with E-state index in [-0.39, 0.29) is 5.91 Å². The predicted octanol–water partition coefficient (Wildman–Crippen LogP) is 1.90. The van der Waals surface area contributed by atoms with Gasteiger partial charge in [0, 0.05) is 6.20 Å². The molecule has 3 rings (SSSR count). The monoisotopic (exact) mass is 293 g/mol. The van der Waals surface area contributed by atoms with E-state index in [4.69, 9.17) is 0 Å². The molecule has 3 aromatic rings. The van der Waals surface area contributed by atoms with Crippen molar-refractivity contribution < 1.29 is 4.79 Å². The minimum atomic E-state index is -0.259. The van der Waals surface area contributed by atoms with Gasteiger partial charge >= 0.3 is 0 Å². The number of amides is 1. The second-order valence-electron chi connectivity index (χ2n) is 4.77. The number of hydrogen-bond acceptors (Lipinski definition) is 4. The van der Waals surface area contributed by atoms with Crippen molar-refractivity contribution in [3.8, 4) is 5.69 Å². The number of rotatable bonds is 4. The number of nitrogens with one attached hydrogen (secondary N) is 1. The first-order chi connectivity index (χ1) is 10.8. The smallest absolute Gasteiger partial charge is 0.274 e. The van der Waals surface area contributed by atoms with E-state index < -0.39 is 0 Å². The fourth-order valence-electron chi connectivity index (χ4n) is 2.11. The Kier molecular flexibility index (Phi) is 3.91. The molecular weight excluding hydrogens is 278 g/mol. The quantitative estimate of drug-likeness (QED) is 0.797. The molecule has 1 N–H and O–H groups in total. The van der Waals surface area contributed by atoms with Crippen LogP contribution in [0.3, 0.4) is 0 Å². The molecule has 2 aromatic heterocycles. The fourth-order valence-corrected chi connectivity index (χ4v) is 2.11. The van der Waals surface area contributed by atoms with Crippen LogP contribution in [0.25, 0.3) is 5.69 Å². The Balaban J connectivity index is 1.75. The Morgan fingerprint density at radius 2 is 1.91 bits per heavy atom. The lowest BCUT2D eigenvalue weighted by Crippen LogP contribution is -2.24. The van der Waals surface area contributed by atoms with Crippen LogP contribution in [0.1, 0.15) is 21.9 Å². The minimum Gasteiger partial charge on any atom is -0.345 e. The number of benzene rings is 1. The SMILES string of the molecule is Cc1c(C(=O)NCc2ccccn2)nnn1-c1ccccc1. The largest absolute Gasteiger partial charge is 0.345 e. The van der Waals surface area contributed by atoms with Crippen LogP contribution in [0.5, 0.6) is 0 Å². The number of carbonyl (C=O) groups is 1. The molecule has 0 spiro atoms. The Morgan fingerprint density at radius 3 is 2.64 bits per heavy atom. The average molecular weight is 293 g/mol. The number of hydrogen-bond donors (Lipinski definition) is 1. The Labute approximate surface area is 127 Å². The maximum atomic E-state index is 12.2. The molecule has 0 atom stereocenters. The molecule has 22 heavy (non-hydrogen) atoms. The van der Waals surface area contributed by atoms with Crippen molar-refractivity contribution in [2.24, 2.45) is 0 Å². The first-order valence-corrected chi connectivity index (χ1v) is 6.91. The standard InChI is InChI=1S/C16H15N5O/c1-12-15(16(22)18-11-13-7-5-6-10-17-13)19-20-21(12)14-8-3-2-4-9-14/h2-10H,11H2,1H3,(H,18,22). The summed E-state index contributed by atoms with van der Waals surface area (Å²) >= 11 is 0. The Hall–Kier alpha value is -3.02. The second kappa shape index (κ2) is 6.17. The third-order valence-electron chi connectivity index (χ3n) is 3.27. The van der Waals surface area contributed by atoms with Crippen LogP contribution in [0.4, 0.5) is 0 Å². The van der Waals surface area contributed by atoms with Crippen LogP contribution in [0.15, 0.2) is 54.7 Å². The van der Waals surface area contributed by atoms with Crippen LogP contribution in [0.2, 0.25) is 0 Å². The summed E-state index contributed by atoms with van der Waals surface area (Å²) in [6.45, 7) is 2.18. The maximum Gasteiger partial charge on any atom is 0.274 e. The molecule has 110 valence electrons. The molecule has 1 aromatic carbocycles. The first-order valence-electron chi connectivity index (χ1n) is 6.91. The first kappa shape index (κ1) is 13.9. The average Bonchev–Trinajstić information content (AvgIpc) is 2.96. The summed E-state index contributed by atoms with van der Waals surface area (Å²) in [5.41, 5.74) is 2.68. The van der Waals surface area contributed by atoms with Crippen LogP contribution in [-0.2, 0) is 6.54 Å². The predicted molar refractivity (Wildman–Crippen MR) is 81.5 cm³/mol. The summed E-state index contributed by atoms with van der Waals surface area (Å²) in [5, 5.41) is 10.8. The lowest BCUT2D eigenvalue weighted by atomic mass is 10.2. The van der Waals surface area contributed by atoms with Crippen LogP contribution in [0, 0.1) is 6.92 Å². The molecule has 0 aliphatic rings. The van der Waals surface area contributed by atoms with E-state index in [1.807, 2.05) is 55.5 Å². The maximum absolute atomic E-state index is 12.2. The van der Waals surface area contributed by atoms with Gasteiger partial charge in [0.15, 0.2) is 5.69 Å². The van der Waals surface area contributed by atoms with Gasteiger partial charge in [0.05, 0.1) is 23.6 Å². The molecule has 0 bridgehead atoms. The highest BCUT2D eigenvalue weighted by Crippen LogP contribution is 2.11. The molecule has 0 aliphatic carbocycles. The third-order valence-corrected chi connectivity index (χ3v) is 3.27. The zero-order chi connectivity index (χ0) is 15.4. The van der Waals surface area contributed by atoms with Gasteiger partial charge in [-0.25, -0.2) is 4.68 Å². The van der Waals surface area contributed by atoms with Gasteiger partial charge < -0.3 is 5.32 Å². The summed E-state index contributed by atoms with van der Waals surface area (Å²) in [7, 11) is 0. The number of aromatic nitrogens is 4. The highest BCUT2D eigenvalue weighted by molar-refractivity contribution is 5.93. The molecule has 6 nitrogen and oxygen atoms in total. The van der Waals surface area contributed by atoms with Crippen LogP contribution >= 0.6 is 0 Å². The summed E-state index contributed by atoms with van der Waals surface area (Å²) in [4.78, 5) is 16.4. The zero-order valence-corrected chi connectivity index (χ0v) is 12.1. The molecule has 6 heteroatoms. The number of nitrogens with zero attached hydrogens (tertiary/aromatic N) is 4. The molecule has 0 aliphatic heterocycles. The molecule has 0 unspecified atom stereocenters. The van der Waals surface area contributed by atoms with Gasteiger partial charge in [0.25, 0.3) is 5.91 Å².